The maximum atomic E-state index is 12.1. The van der Waals surface area contributed by atoms with E-state index in [0.717, 1.165) is 18.5 Å². The Morgan fingerprint density at radius 1 is 1.33 bits per heavy atom. The summed E-state index contributed by atoms with van der Waals surface area (Å²) >= 11 is 0. The molecule has 1 aromatic rings. The summed E-state index contributed by atoms with van der Waals surface area (Å²) in [5.41, 5.74) is 1.13. The van der Waals surface area contributed by atoms with Crippen molar-refractivity contribution < 1.29 is 13.9 Å². The summed E-state index contributed by atoms with van der Waals surface area (Å²) in [5.74, 6) is 1.23. The first-order chi connectivity index (χ1) is 8.72. The van der Waals surface area contributed by atoms with Gasteiger partial charge in [0.2, 0.25) is 0 Å². The van der Waals surface area contributed by atoms with E-state index in [2.05, 4.69) is 19.2 Å². The lowest BCUT2D eigenvalue weighted by atomic mass is 10.1. The van der Waals surface area contributed by atoms with Crippen LogP contribution >= 0.6 is 0 Å². The van der Waals surface area contributed by atoms with Gasteiger partial charge in [-0.15, -0.1) is 0 Å². The Bertz CT molecular complexity index is 358. The number of hydrogen-bond acceptors (Lipinski definition) is 3. The highest BCUT2D eigenvalue weighted by Gasteiger charge is 2.10. The van der Waals surface area contributed by atoms with Crippen molar-refractivity contribution in [1.82, 2.24) is 5.32 Å². The van der Waals surface area contributed by atoms with Gasteiger partial charge < -0.3 is 14.8 Å². The van der Waals surface area contributed by atoms with E-state index < -0.39 is 6.67 Å². The van der Waals surface area contributed by atoms with Crippen molar-refractivity contribution in [2.75, 3.05) is 26.9 Å². The molecule has 0 aliphatic rings. The number of alkyl halides is 1. The third-order valence-corrected chi connectivity index (χ3v) is 2.72. The Morgan fingerprint density at radius 3 is 2.72 bits per heavy atom. The maximum absolute atomic E-state index is 12.1. The summed E-state index contributed by atoms with van der Waals surface area (Å²) < 4.78 is 22.6. The predicted molar refractivity (Wildman–Crippen MR) is 71.2 cm³/mol. The van der Waals surface area contributed by atoms with Crippen LogP contribution in [0.3, 0.4) is 0 Å². The van der Waals surface area contributed by atoms with Crippen molar-refractivity contribution in [3.8, 4) is 11.5 Å². The molecule has 1 aromatic carbocycles. The van der Waals surface area contributed by atoms with Crippen LogP contribution in [0.25, 0.3) is 0 Å². The van der Waals surface area contributed by atoms with Gasteiger partial charge in [-0.3, -0.25) is 0 Å². The molecule has 0 radical (unpaired) electrons. The fourth-order valence-electron chi connectivity index (χ4n) is 1.70. The van der Waals surface area contributed by atoms with E-state index >= 15 is 0 Å². The lowest BCUT2D eigenvalue weighted by Crippen LogP contribution is -2.19. The van der Waals surface area contributed by atoms with Gasteiger partial charge in [0.1, 0.15) is 13.3 Å². The highest BCUT2D eigenvalue weighted by Crippen LogP contribution is 2.30. The molecule has 1 N–H and O–H groups in total. The lowest BCUT2D eigenvalue weighted by molar-refractivity contribution is 0.260. The van der Waals surface area contributed by atoms with E-state index in [1.54, 1.807) is 7.11 Å². The summed E-state index contributed by atoms with van der Waals surface area (Å²) in [5, 5.41) is 3.41. The molecule has 4 heteroatoms. The topological polar surface area (TPSA) is 30.5 Å². The number of halogens is 1. The molecular weight excluding hydrogens is 233 g/mol. The van der Waals surface area contributed by atoms with E-state index in [1.807, 2.05) is 18.2 Å². The van der Waals surface area contributed by atoms with Crippen LogP contribution in [0.15, 0.2) is 18.2 Å². The second-order valence-electron chi connectivity index (χ2n) is 4.12. The monoisotopic (exact) mass is 255 g/mol. The number of nitrogens with one attached hydrogen (secondary N) is 1. The predicted octanol–water partition coefficient (Wildman–Crippen LogP) is 3.10. The van der Waals surface area contributed by atoms with Crippen molar-refractivity contribution in [1.29, 1.82) is 0 Å². The third-order valence-electron chi connectivity index (χ3n) is 2.72. The summed E-state index contributed by atoms with van der Waals surface area (Å²) in [7, 11) is 1.59. The molecule has 0 saturated carbocycles. The molecule has 102 valence electrons. The van der Waals surface area contributed by atoms with Gasteiger partial charge in [-0.05, 0) is 37.6 Å². The van der Waals surface area contributed by atoms with Crippen LogP contribution in [0.4, 0.5) is 4.39 Å². The summed E-state index contributed by atoms with van der Waals surface area (Å²) in [6.07, 6.45) is 1.10. The zero-order chi connectivity index (χ0) is 13.4. The summed E-state index contributed by atoms with van der Waals surface area (Å²) in [6.45, 7) is 4.77. The van der Waals surface area contributed by atoms with E-state index in [0.29, 0.717) is 11.5 Å². The average Bonchev–Trinajstić information content (AvgIpc) is 2.42. The second-order valence-corrected chi connectivity index (χ2v) is 4.12. The Hall–Kier alpha value is -1.29. The normalized spacial score (nSPS) is 12.2. The van der Waals surface area contributed by atoms with E-state index in [4.69, 9.17) is 9.47 Å². The molecule has 1 atom stereocenters. The van der Waals surface area contributed by atoms with Crippen molar-refractivity contribution in [3.05, 3.63) is 23.8 Å². The van der Waals surface area contributed by atoms with Gasteiger partial charge in [0.15, 0.2) is 11.5 Å². The highest BCUT2D eigenvalue weighted by molar-refractivity contribution is 5.43. The number of rotatable bonds is 8. The number of hydrogen-bond donors (Lipinski definition) is 1. The molecule has 0 heterocycles. The average molecular weight is 255 g/mol. The summed E-state index contributed by atoms with van der Waals surface area (Å²) in [6, 6.07) is 5.99. The number of benzene rings is 1. The van der Waals surface area contributed by atoms with Crippen LogP contribution in [0.1, 0.15) is 31.9 Å². The zero-order valence-corrected chi connectivity index (χ0v) is 11.3. The minimum atomic E-state index is -0.501. The number of ether oxygens (including phenoxy) is 2. The van der Waals surface area contributed by atoms with Gasteiger partial charge in [-0.2, -0.15) is 0 Å². The van der Waals surface area contributed by atoms with Crippen LogP contribution < -0.4 is 14.8 Å². The van der Waals surface area contributed by atoms with Crippen LogP contribution in [-0.2, 0) is 0 Å². The zero-order valence-electron chi connectivity index (χ0n) is 11.3. The van der Waals surface area contributed by atoms with Crippen LogP contribution in [0, 0.1) is 0 Å². The first kappa shape index (κ1) is 14.8. The molecular formula is C14H22FNO2. The lowest BCUT2D eigenvalue weighted by Gasteiger charge is -2.16. The molecule has 0 amide bonds. The molecule has 18 heavy (non-hydrogen) atoms. The maximum Gasteiger partial charge on any atom is 0.161 e. The van der Waals surface area contributed by atoms with Crippen LogP contribution in [0.2, 0.25) is 0 Å². The molecule has 3 nitrogen and oxygen atoms in total. The van der Waals surface area contributed by atoms with E-state index in [-0.39, 0.29) is 12.6 Å². The molecule has 0 aliphatic heterocycles. The minimum absolute atomic E-state index is 0.0549. The van der Waals surface area contributed by atoms with Gasteiger partial charge in [0.05, 0.1) is 7.11 Å². The Morgan fingerprint density at radius 2 is 2.11 bits per heavy atom. The number of methoxy groups -OCH3 is 1. The first-order valence-corrected chi connectivity index (χ1v) is 6.33. The fourth-order valence-corrected chi connectivity index (χ4v) is 1.70. The van der Waals surface area contributed by atoms with E-state index in [1.165, 1.54) is 0 Å². The first-order valence-electron chi connectivity index (χ1n) is 6.33. The van der Waals surface area contributed by atoms with Gasteiger partial charge in [0.25, 0.3) is 0 Å². The molecule has 1 unspecified atom stereocenters. The van der Waals surface area contributed by atoms with Gasteiger partial charge in [-0.25, -0.2) is 4.39 Å². The quantitative estimate of drug-likeness (QED) is 0.774. The standard InChI is InChI=1S/C14H22FNO2/c1-4-8-16-11(2)12-5-6-13(18-9-7-15)14(10-12)17-3/h5-6,10-11,16H,4,7-9H2,1-3H3. The van der Waals surface area contributed by atoms with Crippen molar-refractivity contribution in [2.24, 2.45) is 0 Å². The van der Waals surface area contributed by atoms with Crippen molar-refractivity contribution >= 4 is 0 Å². The second kappa shape index (κ2) is 7.93. The SMILES string of the molecule is CCCNC(C)c1ccc(OCCF)c(OC)c1. The van der Waals surface area contributed by atoms with E-state index in [9.17, 15) is 4.39 Å². The van der Waals surface area contributed by atoms with Crippen LogP contribution in [-0.4, -0.2) is 26.9 Å². The molecule has 0 bridgehead atoms. The van der Waals surface area contributed by atoms with Gasteiger partial charge in [-0.1, -0.05) is 13.0 Å². The largest absolute Gasteiger partial charge is 0.493 e. The molecule has 1 rings (SSSR count). The smallest absolute Gasteiger partial charge is 0.161 e. The molecule has 0 fully saturated rings. The van der Waals surface area contributed by atoms with Crippen molar-refractivity contribution in [2.45, 2.75) is 26.3 Å². The van der Waals surface area contributed by atoms with Crippen LogP contribution in [0.5, 0.6) is 11.5 Å². The van der Waals surface area contributed by atoms with Gasteiger partial charge >= 0.3 is 0 Å². The third kappa shape index (κ3) is 4.18. The fraction of sp³-hybridized carbons (Fsp3) is 0.571. The molecule has 0 aromatic heterocycles. The van der Waals surface area contributed by atoms with Gasteiger partial charge in [0, 0.05) is 6.04 Å². The Balaban J connectivity index is 2.77. The Labute approximate surface area is 108 Å². The minimum Gasteiger partial charge on any atom is -0.493 e. The Kier molecular flexibility index (Phi) is 6.50. The molecule has 0 aliphatic carbocycles. The molecule has 0 spiro atoms. The van der Waals surface area contributed by atoms with Crippen molar-refractivity contribution in [3.63, 3.8) is 0 Å². The summed E-state index contributed by atoms with van der Waals surface area (Å²) in [4.78, 5) is 0. The highest BCUT2D eigenvalue weighted by atomic mass is 19.1. The molecule has 0 saturated heterocycles.